The number of hydrogen-bond donors (Lipinski definition) is 1. The van der Waals surface area contributed by atoms with Crippen molar-refractivity contribution in [1.29, 1.82) is 0 Å². The molecule has 0 bridgehead atoms. The standard InChI is InChI=1S/C14H20BrClN2/c1-9-10(2)18(7-6-13(9)17-3)14-5-4-11(16)8-12(14)15/h4-5,8-10,13,17H,6-7H2,1-3H3. The summed E-state index contributed by atoms with van der Waals surface area (Å²) in [5.41, 5.74) is 1.24. The molecule has 3 atom stereocenters. The van der Waals surface area contributed by atoms with Crippen LogP contribution in [0.3, 0.4) is 0 Å². The van der Waals surface area contributed by atoms with Crippen molar-refractivity contribution in [3.63, 3.8) is 0 Å². The Morgan fingerprint density at radius 3 is 2.72 bits per heavy atom. The Hall–Kier alpha value is -0.250. The van der Waals surface area contributed by atoms with Gasteiger partial charge >= 0.3 is 0 Å². The summed E-state index contributed by atoms with van der Waals surface area (Å²) < 4.78 is 1.08. The van der Waals surface area contributed by atoms with Gasteiger partial charge < -0.3 is 10.2 Å². The average molecular weight is 332 g/mol. The molecule has 0 aliphatic carbocycles. The number of rotatable bonds is 2. The van der Waals surface area contributed by atoms with E-state index in [1.165, 1.54) is 12.1 Å². The first-order valence-corrected chi connectivity index (χ1v) is 7.60. The van der Waals surface area contributed by atoms with E-state index in [0.29, 0.717) is 18.0 Å². The van der Waals surface area contributed by atoms with E-state index >= 15 is 0 Å². The normalized spacial score (nSPS) is 28.5. The molecule has 100 valence electrons. The highest BCUT2D eigenvalue weighted by Gasteiger charge is 2.32. The van der Waals surface area contributed by atoms with E-state index in [4.69, 9.17) is 11.6 Å². The Morgan fingerprint density at radius 2 is 2.11 bits per heavy atom. The molecule has 1 saturated heterocycles. The van der Waals surface area contributed by atoms with Crippen molar-refractivity contribution in [2.45, 2.75) is 32.4 Å². The van der Waals surface area contributed by atoms with Gasteiger partial charge in [0.2, 0.25) is 0 Å². The second-order valence-electron chi connectivity index (χ2n) is 5.07. The first-order chi connectivity index (χ1) is 8.54. The Labute approximate surface area is 123 Å². The summed E-state index contributed by atoms with van der Waals surface area (Å²) in [6.45, 7) is 5.70. The number of hydrogen-bond acceptors (Lipinski definition) is 2. The van der Waals surface area contributed by atoms with Crippen molar-refractivity contribution in [1.82, 2.24) is 5.32 Å². The second kappa shape index (κ2) is 5.81. The summed E-state index contributed by atoms with van der Waals surface area (Å²) in [5.74, 6) is 0.631. The molecule has 1 aliphatic heterocycles. The van der Waals surface area contributed by atoms with Crippen molar-refractivity contribution in [3.05, 3.63) is 27.7 Å². The highest BCUT2D eigenvalue weighted by Crippen LogP contribution is 2.35. The summed E-state index contributed by atoms with van der Waals surface area (Å²) in [6.07, 6.45) is 1.18. The van der Waals surface area contributed by atoms with Gasteiger partial charge in [-0.05, 0) is 60.4 Å². The van der Waals surface area contributed by atoms with E-state index in [1.54, 1.807) is 0 Å². The molecule has 2 rings (SSSR count). The van der Waals surface area contributed by atoms with E-state index in [-0.39, 0.29) is 0 Å². The van der Waals surface area contributed by atoms with Crippen LogP contribution in [0.5, 0.6) is 0 Å². The minimum absolute atomic E-state index is 0.522. The van der Waals surface area contributed by atoms with Crippen LogP contribution < -0.4 is 10.2 Å². The van der Waals surface area contributed by atoms with E-state index in [1.807, 2.05) is 12.1 Å². The Bertz CT molecular complexity index is 424. The second-order valence-corrected chi connectivity index (χ2v) is 6.36. The summed E-state index contributed by atoms with van der Waals surface area (Å²) in [5, 5.41) is 4.19. The van der Waals surface area contributed by atoms with Gasteiger partial charge in [0.05, 0.1) is 5.69 Å². The number of nitrogens with zero attached hydrogens (tertiary/aromatic N) is 1. The van der Waals surface area contributed by atoms with Crippen molar-refractivity contribution in [3.8, 4) is 0 Å². The lowest BCUT2D eigenvalue weighted by molar-refractivity contribution is 0.282. The number of anilines is 1. The monoisotopic (exact) mass is 330 g/mol. The molecule has 0 aromatic heterocycles. The van der Waals surface area contributed by atoms with Crippen molar-refractivity contribution >= 4 is 33.2 Å². The molecule has 2 nitrogen and oxygen atoms in total. The van der Waals surface area contributed by atoms with Crippen LogP contribution in [0.4, 0.5) is 5.69 Å². The molecule has 0 saturated carbocycles. The number of piperidine rings is 1. The fourth-order valence-electron chi connectivity index (χ4n) is 2.83. The average Bonchev–Trinajstić information content (AvgIpc) is 2.34. The molecule has 1 heterocycles. The molecule has 0 radical (unpaired) electrons. The maximum atomic E-state index is 6.01. The Balaban J connectivity index is 2.24. The summed E-state index contributed by atoms with van der Waals surface area (Å²) in [6, 6.07) is 7.17. The third kappa shape index (κ3) is 2.68. The zero-order chi connectivity index (χ0) is 13.3. The fourth-order valence-corrected chi connectivity index (χ4v) is 3.74. The molecule has 0 amide bonds. The number of halogens is 2. The lowest BCUT2D eigenvalue weighted by Gasteiger charge is -2.44. The predicted octanol–water partition coefficient (Wildman–Crippen LogP) is 3.93. The quantitative estimate of drug-likeness (QED) is 0.883. The first kappa shape index (κ1) is 14.2. The van der Waals surface area contributed by atoms with Crippen molar-refractivity contribution < 1.29 is 0 Å². The fraction of sp³-hybridized carbons (Fsp3) is 0.571. The zero-order valence-corrected chi connectivity index (χ0v) is 13.4. The molecule has 0 spiro atoms. The van der Waals surface area contributed by atoms with Gasteiger partial charge in [0, 0.05) is 28.1 Å². The zero-order valence-electron chi connectivity index (χ0n) is 11.1. The molecule has 1 aliphatic rings. The van der Waals surface area contributed by atoms with Gasteiger partial charge in [-0.3, -0.25) is 0 Å². The van der Waals surface area contributed by atoms with Crippen LogP contribution in [0.2, 0.25) is 5.02 Å². The van der Waals surface area contributed by atoms with Gasteiger partial charge in [0.25, 0.3) is 0 Å². The lowest BCUT2D eigenvalue weighted by Crippen LogP contribution is -2.52. The molecule has 18 heavy (non-hydrogen) atoms. The van der Waals surface area contributed by atoms with Crippen LogP contribution in [0.1, 0.15) is 20.3 Å². The Kier molecular flexibility index (Phi) is 4.57. The van der Waals surface area contributed by atoms with Crippen LogP contribution in [0, 0.1) is 5.92 Å². The largest absolute Gasteiger partial charge is 0.368 e. The van der Waals surface area contributed by atoms with Crippen LogP contribution in [0.15, 0.2) is 22.7 Å². The van der Waals surface area contributed by atoms with Gasteiger partial charge in [0.15, 0.2) is 0 Å². The number of nitrogens with one attached hydrogen (secondary N) is 1. The molecule has 1 fully saturated rings. The van der Waals surface area contributed by atoms with Crippen LogP contribution in [-0.2, 0) is 0 Å². The van der Waals surface area contributed by atoms with Gasteiger partial charge in [-0.2, -0.15) is 0 Å². The van der Waals surface area contributed by atoms with Crippen molar-refractivity contribution in [2.75, 3.05) is 18.5 Å². The topological polar surface area (TPSA) is 15.3 Å². The summed E-state index contributed by atoms with van der Waals surface area (Å²) >= 11 is 9.63. The SMILES string of the molecule is CNC1CCN(c2ccc(Cl)cc2Br)C(C)C1C. The van der Waals surface area contributed by atoms with Crippen LogP contribution in [-0.4, -0.2) is 25.7 Å². The first-order valence-electron chi connectivity index (χ1n) is 6.43. The van der Waals surface area contributed by atoms with Crippen LogP contribution >= 0.6 is 27.5 Å². The van der Waals surface area contributed by atoms with E-state index < -0.39 is 0 Å². The van der Waals surface area contributed by atoms with Crippen LogP contribution in [0.25, 0.3) is 0 Å². The molecule has 1 N–H and O–H groups in total. The number of benzene rings is 1. The smallest absolute Gasteiger partial charge is 0.0514 e. The third-order valence-electron chi connectivity index (χ3n) is 4.16. The van der Waals surface area contributed by atoms with E-state index in [2.05, 4.69) is 53.1 Å². The maximum Gasteiger partial charge on any atom is 0.0514 e. The molecular weight excluding hydrogens is 312 g/mol. The molecule has 1 aromatic rings. The molecule has 3 unspecified atom stereocenters. The summed E-state index contributed by atoms with van der Waals surface area (Å²) in [4.78, 5) is 2.47. The van der Waals surface area contributed by atoms with E-state index in [9.17, 15) is 0 Å². The molecule has 1 aromatic carbocycles. The molecule has 4 heteroatoms. The third-order valence-corrected chi connectivity index (χ3v) is 5.03. The maximum absolute atomic E-state index is 6.01. The van der Waals surface area contributed by atoms with Gasteiger partial charge in [0.1, 0.15) is 0 Å². The van der Waals surface area contributed by atoms with Gasteiger partial charge in [-0.1, -0.05) is 18.5 Å². The minimum Gasteiger partial charge on any atom is -0.368 e. The van der Waals surface area contributed by atoms with E-state index in [0.717, 1.165) is 16.0 Å². The van der Waals surface area contributed by atoms with Gasteiger partial charge in [-0.25, -0.2) is 0 Å². The highest BCUT2D eigenvalue weighted by molar-refractivity contribution is 9.10. The molecular formula is C14H20BrClN2. The predicted molar refractivity (Wildman–Crippen MR) is 82.6 cm³/mol. The van der Waals surface area contributed by atoms with Gasteiger partial charge in [-0.15, -0.1) is 0 Å². The van der Waals surface area contributed by atoms with Crippen molar-refractivity contribution in [2.24, 2.45) is 5.92 Å². The minimum atomic E-state index is 0.522. The summed E-state index contributed by atoms with van der Waals surface area (Å²) in [7, 11) is 2.06. The highest BCUT2D eigenvalue weighted by atomic mass is 79.9. The lowest BCUT2D eigenvalue weighted by atomic mass is 9.87. The Morgan fingerprint density at radius 1 is 1.39 bits per heavy atom.